The zero-order valence-electron chi connectivity index (χ0n) is 15.7. The summed E-state index contributed by atoms with van der Waals surface area (Å²) < 4.78 is 7.59. The van der Waals surface area contributed by atoms with Crippen molar-refractivity contribution in [3.63, 3.8) is 0 Å². The Hall–Kier alpha value is -1.20. The molecule has 2 rings (SSSR count). The van der Waals surface area contributed by atoms with Crippen molar-refractivity contribution in [1.29, 1.82) is 0 Å². The third-order valence-corrected chi connectivity index (χ3v) is 6.77. The van der Waals surface area contributed by atoms with Gasteiger partial charge in [0.1, 0.15) is 0 Å². The summed E-state index contributed by atoms with van der Waals surface area (Å²) in [6.45, 7) is 13.6. The molecule has 0 N–H and O–H groups in total. The van der Waals surface area contributed by atoms with E-state index in [1.807, 2.05) is 0 Å². The van der Waals surface area contributed by atoms with Crippen LogP contribution in [0.3, 0.4) is 0 Å². The molecule has 0 aliphatic carbocycles. The molecule has 0 aliphatic heterocycles. The van der Waals surface area contributed by atoms with Crippen molar-refractivity contribution in [2.45, 2.75) is 58.8 Å². The van der Waals surface area contributed by atoms with Crippen molar-refractivity contribution in [3.05, 3.63) is 65.2 Å². The van der Waals surface area contributed by atoms with Crippen LogP contribution in [0.25, 0.3) is 0 Å². The predicted octanol–water partition coefficient (Wildman–Crippen LogP) is 6.61. The minimum atomic E-state index is -0.553. The van der Waals surface area contributed by atoms with E-state index in [-0.39, 0.29) is 5.41 Å². The second-order valence-corrected chi connectivity index (χ2v) is 9.04. The maximum atomic E-state index is 5.13. The fraction of sp³-hybridized carbons (Fsp3) is 0.409. The molecule has 0 aromatic heterocycles. The van der Waals surface area contributed by atoms with Gasteiger partial charge in [0.25, 0.3) is 0 Å². The topological polar surface area (TPSA) is 12.4 Å². The van der Waals surface area contributed by atoms with E-state index in [0.29, 0.717) is 11.8 Å². The Morgan fingerprint density at radius 1 is 0.833 bits per heavy atom. The van der Waals surface area contributed by atoms with Gasteiger partial charge in [-0.05, 0) is 0 Å². The Balaban J connectivity index is 2.44. The second-order valence-electron chi connectivity index (χ2n) is 7.50. The Bertz CT molecular complexity index is 710. The Labute approximate surface area is 155 Å². The molecule has 24 heavy (non-hydrogen) atoms. The first-order valence-electron chi connectivity index (χ1n) is 8.72. The van der Waals surface area contributed by atoms with E-state index in [9.17, 15) is 0 Å². The van der Waals surface area contributed by atoms with Gasteiger partial charge < -0.3 is 0 Å². The number of benzene rings is 2. The Kier molecular flexibility index (Phi) is 6.58. The van der Waals surface area contributed by atoms with Crippen LogP contribution in [0.4, 0.5) is 5.69 Å². The number of hydrogen-bond donors (Lipinski definition) is 0. The van der Waals surface area contributed by atoms with Crippen LogP contribution in [0.1, 0.15) is 70.1 Å². The SMILES string of the molecule is CC(C)c1cccc(C(C)C)c1[N]=[Mo+2]=[CH]C(C)(C)c1ccccc1. The summed E-state index contributed by atoms with van der Waals surface area (Å²) in [5.41, 5.74) is 5.48. The molecule has 2 aromatic rings. The third kappa shape index (κ3) is 4.67. The molecule has 0 atom stereocenters. The van der Waals surface area contributed by atoms with Crippen molar-refractivity contribution in [3.8, 4) is 0 Å². The third-order valence-electron chi connectivity index (χ3n) is 4.35. The van der Waals surface area contributed by atoms with Crippen LogP contribution in [-0.2, 0) is 23.3 Å². The van der Waals surface area contributed by atoms with E-state index in [4.69, 9.17) is 3.50 Å². The van der Waals surface area contributed by atoms with Crippen LogP contribution in [-0.4, -0.2) is 4.40 Å². The first kappa shape index (κ1) is 19.1. The molecule has 0 radical (unpaired) electrons. The van der Waals surface area contributed by atoms with Gasteiger partial charge in [0.15, 0.2) is 0 Å². The molecule has 2 aromatic carbocycles. The second kappa shape index (κ2) is 8.25. The van der Waals surface area contributed by atoms with Crippen molar-refractivity contribution >= 4 is 10.1 Å². The standard InChI is InChI=1S/C12H17N.C10H12.Mo/c1-8(2)10-6-5-7-11(9(3)4)12(10)13;1-10(2,3)9-7-5-4-6-8-9;/h5-9H,1-4H3;1,4-8H,2-3H3;/q;;+2. The van der Waals surface area contributed by atoms with Crippen LogP contribution in [0.5, 0.6) is 0 Å². The molecular formula is C22H29MoN+2. The first-order chi connectivity index (χ1) is 11.3. The quantitative estimate of drug-likeness (QED) is 0.498. The van der Waals surface area contributed by atoms with Gasteiger partial charge in [-0.1, -0.05) is 0 Å². The van der Waals surface area contributed by atoms with E-state index >= 15 is 0 Å². The molecular weight excluding hydrogens is 374 g/mol. The zero-order valence-corrected chi connectivity index (χ0v) is 17.7. The first-order valence-corrected chi connectivity index (χ1v) is 10.8. The summed E-state index contributed by atoms with van der Waals surface area (Å²) in [4.78, 5) is 0. The Morgan fingerprint density at radius 3 is 1.88 bits per heavy atom. The van der Waals surface area contributed by atoms with Gasteiger partial charge in [-0.25, -0.2) is 0 Å². The summed E-state index contributed by atoms with van der Waals surface area (Å²) in [6, 6.07) is 17.4. The molecule has 0 saturated carbocycles. The van der Waals surface area contributed by atoms with Crippen LogP contribution in [0.2, 0.25) is 0 Å². The molecule has 0 heterocycles. The molecule has 1 nitrogen and oxygen atoms in total. The molecule has 0 fully saturated rings. The van der Waals surface area contributed by atoms with Gasteiger partial charge in [-0.3, -0.25) is 0 Å². The van der Waals surface area contributed by atoms with Crippen molar-refractivity contribution in [2.75, 3.05) is 0 Å². The summed E-state index contributed by atoms with van der Waals surface area (Å²) in [5, 5.41) is 0. The molecule has 0 saturated heterocycles. The molecule has 0 unspecified atom stereocenters. The maximum absolute atomic E-state index is 5.13. The van der Waals surface area contributed by atoms with Crippen LogP contribution in [0, 0.1) is 0 Å². The average molecular weight is 403 g/mol. The minimum absolute atomic E-state index is 0.0811. The van der Waals surface area contributed by atoms with Crippen LogP contribution < -0.4 is 0 Å². The van der Waals surface area contributed by atoms with Crippen LogP contribution >= 0.6 is 0 Å². The van der Waals surface area contributed by atoms with E-state index in [0.717, 1.165) is 0 Å². The number of nitrogens with zero attached hydrogens (tertiary/aromatic N) is 1. The van der Waals surface area contributed by atoms with E-state index in [1.165, 1.54) is 22.4 Å². The molecule has 0 spiro atoms. The fourth-order valence-corrected chi connectivity index (χ4v) is 4.65. The van der Waals surface area contributed by atoms with Crippen molar-refractivity contribution in [2.24, 2.45) is 3.50 Å². The summed E-state index contributed by atoms with van der Waals surface area (Å²) in [7, 11) is 0. The predicted molar refractivity (Wildman–Crippen MR) is 102 cm³/mol. The van der Waals surface area contributed by atoms with E-state index in [1.54, 1.807) is 0 Å². The molecule has 2 heteroatoms. The van der Waals surface area contributed by atoms with Gasteiger partial charge in [0, 0.05) is 0 Å². The summed E-state index contributed by atoms with van der Waals surface area (Å²) in [5.74, 6) is 1.02. The average Bonchev–Trinajstić information content (AvgIpc) is 2.55. The monoisotopic (exact) mass is 405 g/mol. The Morgan fingerprint density at radius 2 is 1.38 bits per heavy atom. The number of rotatable bonds is 5. The molecule has 0 bridgehead atoms. The number of hydrogen-bond acceptors (Lipinski definition) is 1. The van der Waals surface area contributed by atoms with Crippen LogP contribution in [0.15, 0.2) is 52.0 Å². The van der Waals surface area contributed by atoms with E-state index in [2.05, 4.69) is 94.5 Å². The molecule has 126 valence electrons. The van der Waals surface area contributed by atoms with Crippen molar-refractivity contribution in [1.82, 2.24) is 0 Å². The van der Waals surface area contributed by atoms with Gasteiger partial charge in [-0.2, -0.15) is 0 Å². The molecule has 0 aliphatic rings. The summed E-state index contributed by atoms with van der Waals surface area (Å²) >= 11 is -0.553. The molecule has 0 amide bonds. The summed E-state index contributed by atoms with van der Waals surface area (Å²) in [6.07, 6.45) is 0. The van der Waals surface area contributed by atoms with Gasteiger partial charge >= 0.3 is 156 Å². The van der Waals surface area contributed by atoms with Gasteiger partial charge in [0.2, 0.25) is 0 Å². The van der Waals surface area contributed by atoms with Gasteiger partial charge in [-0.15, -0.1) is 0 Å². The van der Waals surface area contributed by atoms with E-state index < -0.39 is 17.9 Å². The fourth-order valence-electron chi connectivity index (χ4n) is 2.76. The zero-order chi connectivity index (χ0) is 17.7. The normalized spacial score (nSPS) is 11.5. The van der Waals surface area contributed by atoms with Gasteiger partial charge in [0.05, 0.1) is 0 Å². The van der Waals surface area contributed by atoms with Crippen molar-refractivity contribution < 1.29 is 17.9 Å².